The first-order valence-electron chi connectivity index (χ1n) is 7.96. The van der Waals surface area contributed by atoms with Crippen molar-refractivity contribution in [2.75, 3.05) is 13.7 Å². The van der Waals surface area contributed by atoms with E-state index in [-0.39, 0.29) is 11.6 Å². The van der Waals surface area contributed by atoms with Crippen molar-refractivity contribution in [3.63, 3.8) is 0 Å². The van der Waals surface area contributed by atoms with E-state index in [2.05, 4.69) is 30.5 Å². The maximum absolute atomic E-state index is 6.02. The molecular formula is C17H26N2O2. The molecule has 0 aromatic heterocycles. The smallest absolute Gasteiger partial charge is 0.127 e. The molecule has 4 heteroatoms. The number of nitrogens with two attached hydrogens (primary N) is 1. The second-order valence-corrected chi connectivity index (χ2v) is 6.50. The van der Waals surface area contributed by atoms with E-state index in [1.807, 2.05) is 7.11 Å². The van der Waals surface area contributed by atoms with Gasteiger partial charge in [-0.25, -0.2) is 5.43 Å². The van der Waals surface area contributed by atoms with Crippen LogP contribution in [0.3, 0.4) is 0 Å². The minimum Gasteiger partial charge on any atom is -0.493 e. The predicted octanol–water partition coefficient (Wildman–Crippen LogP) is 2.72. The number of benzene rings is 1. The molecule has 1 fully saturated rings. The van der Waals surface area contributed by atoms with Crippen LogP contribution in [-0.4, -0.2) is 19.3 Å². The molecule has 1 aliphatic heterocycles. The minimum absolute atomic E-state index is 0.0294. The van der Waals surface area contributed by atoms with Crippen LogP contribution in [0.2, 0.25) is 0 Å². The Morgan fingerprint density at radius 3 is 3.05 bits per heavy atom. The van der Waals surface area contributed by atoms with Crippen molar-refractivity contribution in [1.29, 1.82) is 0 Å². The van der Waals surface area contributed by atoms with Crippen molar-refractivity contribution >= 4 is 0 Å². The van der Waals surface area contributed by atoms with Gasteiger partial charge >= 0.3 is 0 Å². The number of fused-ring (bicyclic) bond motifs is 1. The van der Waals surface area contributed by atoms with E-state index in [9.17, 15) is 0 Å². The lowest BCUT2D eigenvalue weighted by Gasteiger charge is -2.44. The number of rotatable bonds is 4. The van der Waals surface area contributed by atoms with Crippen LogP contribution in [0.1, 0.15) is 49.8 Å². The Kier molecular flexibility index (Phi) is 4.20. The van der Waals surface area contributed by atoms with Crippen molar-refractivity contribution in [1.82, 2.24) is 5.43 Å². The van der Waals surface area contributed by atoms with Gasteiger partial charge in [-0.1, -0.05) is 38.0 Å². The minimum atomic E-state index is -0.243. The van der Waals surface area contributed by atoms with E-state index < -0.39 is 0 Å². The highest BCUT2D eigenvalue weighted by atomic mass is 16.5. The molecule has 0 amide bonds. The fourth-order valence-electron chi connectivity index (χ4n) is 4.10. The number of nitrogens with one attached hydrogen (secondary N) is 1. The molecule has 1 aliphatic carbocycles. The quantitative estimate of drug-likeness (QED) is 0.661. The van der Waals surface area contributed by atoms with Crippen LogP contribution in [0.4, 0.5) is 0 Å². The number of hydrogen-bond acceptors (Lipinski definition) is 4. The molecule has 3 rings (SSSR count). The first-order chi connectivity index (χ1) is 10.2. The molecule has 1 aromatic carbocycles. The Hall–Kier alpha value is -1.10. The zero-order chi connectivity index (χ0) is 14.9. The van der Waals surface area contributed by atoms with E-state index in [4.69, 9.17) is 15.3 Å². The molecule has 3 atom stereocenters. The summed E-state index contributed by atoms with van der Waals surface area (Å²) in [5.74, 6) is 7.62. The van der Waals surface area contributed by atoms with E-state index in [1.54, 1.807) is 0 Å². The summed E-state index contributed by atoms with van der Waals surface area (Å²) in [7, 11) is 1.81. The highest BCUT2D eigenvalue weighted by Gasteiger charge is 2.44. The Morgan fingerprint density at radius 2 is 2.33 bits per heavy atom. The van der Waals surface area contributed by atoms with Crippen LogP contribution in [0, 0.1) is 5.92 Å². The highest BCUT2D eigenvalue weighted by Crippen LogP contribution is 2.46. The predicted molar refractivity (Wildman–Crippen MR) is 83.1 cm³/mol. The standard InChI is InChI=1S/C17H26N2O2/c1-12-5-4-9-17(11-12,20-2)16(19-18)14-7-3-6-13-8-10-21-15(13)14/h3,6-7,12,16,19H,4-5,8-11,18H2,1-2H3. The molecule has 0 saturated heterocycles. The molecule has 1 heterocycles. The van der Waals surface area contributed by atoms with Crippen LogP contribution < -0.4 is 16.0 Å². The van der Waals surface area contributed by atoms with Crippen LogP contribution in [0.5, 0.6) is 5.75 Å². The number of hydrazine groups is 1. The summed E-state index contributed by atoms with van der Waals surface area (Å²) >= 11 is 0. The van der Waals surface area contributed by atoms with Crippen molar-refractivity contribution in [2.45, 2.75) is 50.7 Å². The van der Waals surface area contributed by atoms with Gasteiger partial charge in [-0.3, -0.25) is 5.84 Å². The summed E-state index contributed by atoms with van der Waals surface area (Å²) in [5, 5.41) is 0. The fraction of sp³-hybridized carbons (Fsp3) is 0.647. The molecular weight excluding hydrogens is 264 g/mol. The van der Waals surface area contributed by atoms with Gasteiger partial charge in [0.15, 0.2) is 0 Å². The molecule has 0 spiro atoms. The Bertz CT molecular complexity index is 506. The SMILES string of the molecule is COC1(C(NN)c2cccc3c2OCC3)CCCC(C)C1. The first kappa shape index (κ1) is 14.8. The molecule has 3 unspecified atom stereocenters. The first-order valence-corrected chi connectivity index (χ1v) is 7.96. The van der Waals surface area contributed by atoms with Crippen molar-refractivity contribution in [3.8, 4) is 5.75 Å². The van der Waals surface area contributed by atoms with Crippen LogP contribution >= 0.6 is 0 Å². The van der Waals surface area contributed by atoms with Gasteiger partial charge in [0.05, 0.1) is 18.2 Å². The molecule has 0 bridgehead atoms. The number of hydrogen-bond donors (Lipinski definition) is 2. The second-order valence-electron chi connectivity index (χ2n) is 6.50. The lowest BCUT2D eigenvalue weighted by molar-refractivity contribution is -0.0810. The maximum Gasteiger partial charge on any atom is 0.127 e. The van der Waals surface area contributed by atoms with E-state index in [0.29, 0.717) is 5.92 Å². The Morgan fingerprint density at radius 1 is 1.48 bits per heavy atom. The lowest BCUT2D eigenvalue weighted by atomic mass is 9.72. The molecule has 21 heavy (non-hydrogen) atoms. The van der Waals surface area contributed by atoms with Crippen molar-refractivity contribution < 1.29 is 9.47 Å². The Labute approximate surface area is 127 Å². The van der Waals surface area contributed by atoms with Gasteiger partial charge in [0.2, 0.25) is 0 Å². The van der Waals surface area contributed by atoms with Gasteiger partial charge in [-0.05, 0) is 24.3 Å². The molecule has 116 valence electrons. The third kappa shape index (κ3) is 2.56. The largest absolute Gasteiger partial charge is 0.493 e. The van der Waals surface area contributed by atoms with Crippen LogP contribution in [0.15, 0.2) is 18.2 Å². The van der Waals surface area contributed by atoms with Gasteiger partial charge in [0, 0.05) is 19.1 Å². The summed E-state index contributed by atoms with van der Waals surface area (Å²) in [5.41, 5.74) is 5.21. The topological polar surface area (TPSA) is 56.5 Å². The average Bonchev–Trinajstić information content (AvgIpc) is 2.97. The number of para-hydroxylation sites is 1. The molecule has 4 nitrogen and oxygen atoms in total. The zero-order valence-corrected chi connectivity index (χ0v) is 13.0. The summed E-state index contributed by atoms with van der Waals surface area (Å²) in [6.45, 7) is 3.06. The third-order valence-corrected chi connectivity index (χ3v) is 5.15. The average molecular weight is 290 g/mol. The summed E-state index contributed by atoms with van der Waals surface area (Å²) in [6.07, 6.45) is 5.50. The summed E-state index contributed by atoms with van der Waals surface area (Å²) in [6, 6.07) is 6.33. The monoisotopic (exact) mass is 290 g/mol. The van der Waals surface area contributed by atoms with E-state index >= 15 is 0 Å². The second kappa shape index (κ2) is 5.95. The van der Waals surface area contributed by atoms with Crippen molar-refractivity contribution in [2.24, 2.45) is 11.8 Å². The summed E-state index contributed by atoms with van der Waals surface area (Å²) in [4.78, 5) is 0. The zero-order valence-electron chi connectivity index (χ0n) is 13.0. The lowest BCUT2D eigenvalue weighted by Crippen LogP contribution is -2.50. The molecule has 1 aromatic rings. The fourth-order valence-corrected chi connectivity index (χ4v) is 4.10. The Balaban J connectivity index is 1.99. The van der Waals surface area contributed by atoms with Gasteiger partial charge in [-0.2, -0.15) is 0 Å². The number of ether oxygens (including phenoxy) is 2. The van der Waals surface area contributed by atoms with Gasteiger partial charge in [0.25, 0.3) is 0 Å². The van der Waals surface area contributed by atoms with Gasteiger partial charge in [0.1, 0.15) is 5.75 Å². The molecule has 3 N–H and O–H groups in total. The maximum atomic E-state index is 6.02. The summed E-state index contributed by atoms with van der Waals surface area (Å²) < 4.78 is 11.9. The highest BCUT2D eigenvalue weighted by molar-refractivity contribution is 5.46. The van der Waals surface area contributed by atoms with Crippen LogP contribution in [-0.2, 0) is 11.2 Å². The van der Waals surface area contributed by atoms with Crippen molar-refractivity contribution in [3.05, 3.63) is 29.3 Å². The molecule has 2 aliphatic rings. The van der Waals surface area contributed by atoms with Gasteiger partial charge in [-0.15, -0.1) is 0 Å². The molecule has 1 saturated carbocycles. The van der Waals surface area contributed by atoms with E-state index in [0.717, 1.165) is 37.2 Å². The normalized spacial score (nSPS) is 29.8. The molecule has 0 radical (unpaired) electrons. The van der Waals surface area contributed by atoms with E-state index in [1.165, 1.54) is 18.4 Å². The van der Waals surface area contributed by atoms with Crippen LogP contribution in [0.25, 0.3) is 0 Å². The number of methoxy groups -OCH3 is 1. The van der Waals surface area contributed by atoms with Gasteiger partial charge < -0.3 is 9.47 Å². The third-order valence-electron chi connectivity index (χ3n) is 5.15.